The Balaban J connectivity index is 2.22. The Morgan fingerprint density at radius 2 is 2.10 bits per heavy atom. The molecule has 21 heavy (non-hydrogen) atoms. The van der Waals surface area contributed by atoms with Crippen molar-refractivity contribution in [2.45, 2.75) is 6.42 Å². The molecule has 0 spiro atoms. The smallest absolute Gasteiger partial charge is 0.255 e. The number of aromatic amines is 1. The Morgan fingerprint density at radius 1 is 1.29 bits per heavy atom. The summed E-state index contributed by atoms with van der Waals surface area (Å²) in [5.41, 5.74) is 1.16. The zero-order valence-electron chi connectivity index (χ0n) is 11.2. The van der Waals surface area contributed by atoms with Crippen molar-refractivity contribution in [3.8, 4) is 11.8 Å². The molecule has 1 heterocycles. The summed E-state index contributed by atoms with van der Waals surface area (Å²) in [5, 5.41) is 11.5. The maximum absolute atomic E-state index is 12.1. The van der Waals surface area contributed by atoms with Crippen molar-refractivity contribution in [1.29, 1.82) is 0 Å². The third kappa shape index (κ3) is 4.06. The normalized spacial score (nSPS) is 9.57. The van der Waals surface area contributed by atoms with Crippen LogP contribution >= 0.6 is 0 Å². The van der Waals surface area contributed by atoms with E-state index in [1.54, 1.807) is 18.2 Å². The fraction of sp³-hybridized carbons (Fsp3) is 0.125. The Hall–Kier alpha value is -2.84. The Kier molecular flexibility index (Phi) is 4.91. The first-order chi connectivity index (χ1) is 10.2. The van der Waals surface area contributed by atoms with E-state index in [0.29, 0.717) is 17.7 Å². The molecule has 1 aromatic carbocycles. The fourth-order valence-electron chi connectivity index (χ4n) is 1.70. The summed E-state index contributed by atoms with van der Waals surface area (Å²) in [6.07, 6.45) is 1.79. The molecule has 0 radical (unpaired) electrons. The summed E-state index contributed by atoms with van der Waals surface area (Å²) >= 11 is 0. The lowest BCUT2D eigenvalue weighted by molar-refractivity contribution is 0.102. The number of benzene rings is 1. The van der Waals surface area contributed by atoms with Crippen molar-refractivity contribution in [1.82, 2.24) is 4.98 Å². The van der Waals surface area contributed by atoms with Gasteiger partial charge in [0, 0.05) is 29.8 Å². The number of carbonyl (C=O) groups excluding carboxylic acids is 1. The monoisotopic (exact) mass is 282 g/mol. The zero-order chi connectivity index (χ0) is 15.1. The second-order valence-corrected chi connectivity index (χ2v) is 4.22. The second kappa shape index (κ2) is 7.08. The molecule has 106 valence electrons. The Morgan fingerprint density at radius 3 is 2.86 bits per heavy atom. The Labute approximate surface area is 121 Å². The van der Waals surface area contributed by atoms with Crippen LogP contribution in [0.1, 0.15) is 22.3 Å². The highest BCUT2D eigenvalue weighted by atomic mass is 16.2. The van der Waals surface area contributed by atoms with E-state index < -0.39 is 0 Å². The van der Waals surface area contributed by atoms with Gasteiger partial charge in [0.05, 0.1) is 12.3 Å². The van der Waals surface area contributed by atoms with Crippen LogP contribution in [0, 0.1) is 11.8 Å². The summed E-state index contributed by atoms with van der Waals surface area (Å²) in [4.78, 5) is 25.8. The van der Waals surface area contributed by atoms with Crippen LogP contribution in [0.15, 0.2) is 47.4 Å². The third-order valence-electron chi connectivity index (χ3n) is 2.67. The molecule has 0 aliphatic carbocycles. The molecule has 0 aliphatic rings. The Bertz CT molecular complexity index is 754. The average molecular weight is 282 g/mol. The number of nitrogens with one attached hydrogen (secondary N) is 2. The summed E-state index contributed by atoms with van der Waals surface area (Å²) < 4.78 is 0. The molecular formula is C16H14N2O3. The number of para-hydroxylation sites is 1. The minimum absolute atomic E-state index is 0.00564. The molecule has 0 unspecified atom stereocenters. The molecule has 2 rings (SSSR count). The largest absolute Gasteiger partial charge is 0.395 e. The molecular weight excluding hydrogens is 268 g/mol. The number of aliphatic hydroxyl groups excluding tert-OH is 1. The average Bonchev–Trinajstić information content (AvgIpc) is 2.49. The van der Waals surface area contributed by atoms with Gasteiger partial charge in [0.25, 0.3) is 5.91 Å². The van der Waals surface area contributed by atoms with Gasteiger partial charge >= 0.3 is 0 Å². The van der Waals surface area contributed by atoms with Crippen molar-refractivity contribution in [2.75, 3.05) is 11.9 Å². The first-order valence-electron chi connectivity index (χ1n) is 6.39. The fourth-order valence-corrected chi connectivity index (χ4v) is 1.70. The van der Waals surface area contributed by atoms with E-state index in [-0.39, 0.29) is 23.6 Å². The lowest BCUT2D eigenvalue weighted by atomic mass is 10.1. The van der Waals surface area contributed by atoms with E-state index >= 15 is 0 Å². The highest BCUT2D eigenvalue weighted by Crippen LogP contribution is 2.14. The van der Waals surface area contributed by atoms with Crippen molar-refractivity contribution in [3.05, 3.63) is 64.1 Å². The van der Waals surface area contributed by atoms with Gasteiger partial charge in [0.1, 0.15) is 0 Å². The molecule has 5 nitrogen and oxygen atoms in total. The van der Waals surface area contributed by atoms with Crippen LogP contribution in [0.2, 0.25) is 0 Å². The van der Waals surface area contributed by atoms with E-state index in [1.165, 1.54) is 18.3 Å². The molecule has 1 amide bonds. The predicted molar refractivity (Wildman–Crippen MR) is 80.0 cm³/mol. The lowest BCUT2D eigenvalue weighted by Crippen LogP contribution is -2.16. The molecule has 2 aromatic rings. The first kappa shape index (κ1) is 14.6. The van der Waals surface area contributed by atoms with Crippen LogP contribution in [0.3, 0.4) is 0 Å². The van der Waals surface area contributed by atoms with Crippen molar-refractivity contribution >= 4 is 11.6 Å². The number of pyridine rings is 1. The van der Waals surface area contributed by atoms with E-state index in [9.17, 15) is 9.59 Å². The maximum atomic E-state index is 12.1. The van der Waals surface area contributed by atoms with E-state index in [4.69, 9.17) is 5.11 Å². The number of amides is 1. The van der Waals surface area contributed by atoms with Gasteiger partial charge in [-0.25, -0.2) is 0 Å². The summed E-state index contributed by atoms with van der Waals surface area (Å²) in [5.74, 6) is 5.32. The van der Waals surface area contributed by atoms with Gasteiger partial charge in [-0.15, -0.1) is 0 Å². The SMILES string of the molecule is O=C(Nc1ccccc1C#CCCO)c1cc[nH]c(=O)c1. The molecule has 3 N–H and O–H groups in total. The van der Waals surface area contributed by atoms with Gasteiger partial charge in [-0.05, 0) is 18.2 Å². The standard InChI is InChI=1S/C16H14N2O3/c19-10-4-3-6-12-5-1-2-7-14(12)18-16(21)13-8-9-17-15(20)11-13/h1-2,5,7-9,11,19H,4,10H2,(H,17,20)(H,18,21). The number of H-pyrrole nitrogens is 1. The second-order valence-electron chi connectivity index (χ2n) is 4.22. The van der Waals surface area contributed by atoms with E-state index in [2.05, 4.69) is 22.1 Å². The zero-order valence-corrected chi connectivity index (χ0v) is 11.2. The van der Waals surface area contributed by atoms with Gasteiger partial charge < -0.3 is 15.4 Å². The minimum Gasteiger partial charge on any atom is -0.395 e. The van der Waals surface area contributed by atoms with Crippen molar-refractivity contribution in [3.63, 3.8) is 0 Å². The van der Waals surface area contributed by atoms with Gasteiger partial charge in [0.15, 0.2) is 0 Å². The lowest BCUT2D eigenvalue weighted by Gasteiger charge is -2.07. The summed E-state index contributed by atoms with van der Waals surface area (Å²) in [6, 6.07) is 9.86. The predicted octanol–water partition coefficient (Wildman–Crippen LogP) is 1.36. The van der Waals surface area contributed by atoms with Crippen LogP contribution in [-0.2, 0) is 0 Å². The number of hydrogen-bond donors (Lipinski definition) is 3. The maximum Gasteiger partial charge on any atom is 0.255 e. The van der Waals surface area contributed by atoms with Crippen LogP contribution in [0.25, 0.3) is 0 Å². The van der Waals surface area contributed by atoms with Crippen LogP contribution in [-0.4, -0.2) is 22.6 Å². The topological polar surface area (TPSA) is 82.2 Å². The first-order valence-corrected chi connectivity index (χ1v) is 6.39. The number of hydrogen-bond acceptors (Lipinski definition) is 3. The third-order valence-corrected chi connectivity index (χ3v) is 2.67. The number of aromatic nitrogens is 1. The van der Waals surface area contributed by atoms with Crippen LogP contribution in [0.4, 0.5) is 5.69 Å². The van der Waals surface area contributed by atoms with Gasteiger partial charge in [-0.2, -0.15) is 0 Å². The molecule has 0 saturated heterocycles. The van der Waals surface area contributed by atoms with Gasteiger partial charge in [0.2, 0.25) is 5.56 Å². The van der Waals surface area contributed by atoms with Crippen molar-refractivity contribution in [2.24, 2.45) is 0 Å². The van der Waals surface area contributed by atoms with Crippen molar-refractivity contribution < 1.29 is 9.90 Å². The van der Waals surface area contributed by atoms with E-state index in [1.807, 2.05) is 6.07 Å². The summed E-state index contributed by atoms with van der Waals surface area (Å²) in [7, 11) is 0. The number of carbonyl (C=O) groups is 1. The van der Waals surface area contributed by atoms with Crippen LogP contribution in [0.5, 0.6) is 0 Å². The molecule has 0 bridgehead atoms. The van der Waals surface area contributed by atoms with Crippen LogP contribution < -0.4 is 10.9 Å². The number of anilines is 1. The minimum atomic E-state index is -0.377. The van der Waals surface area contributed by atoms with Gasteiger partial charge in [-0.1, -0.05) is 24.0 Å². The molecule has 0 fully saturated rings. The quantitative estimate of drug-likeness (QED) is 0.743. The molecule has 0 atom stereocenters. The number of rotatable bonds is 3. The van der Waals surface area contributed by atoms with Gasteiger partial charge in [-0.3, -0.25) is 9.59 Å². The molecule has 5 heteroatoms. The number of aliphatic hydroxyl groups is 1. The molecule has 0 saturated carbocycles. The summed E-state index contributed by atoms with van der Waals surface area (Å²) in [6.45, 7) is -0.00564. The molecule has 1 aromatic heterocycles. The highest BCUT2D eigenvalue weighted by molar-refractivity contribution is 6.04. The highest BCUT2D eigenvalue weighted by Gasteiger charge is 2.08. The molecule has 0 aliphatic heterocycles. The van der Waals surface area contributed by atoms with E-state index in [0.717, 1.165) is 0 Å².